The third-order valence-electron chi connectivity index (χ3n) is 7.17. The highest BCUT2D eigenvalue weighted by Gasteiger charge is 2.32. The first kappa shape index (κ1) is 27.3. The lowest BCUT2D eigenvalue weighted by Crippen LogP contribution is -2.44. The van der Waals surface area contributed by atoms with E-state index in [2.05, 4.69) is 0 Å². The molecule has 2 unspecified atom stereocenters. The topological polar surface area (TPSA) is 115 Å². The zero-order valence-corrected chi connectivity index (χ0v) is 22.8. The zero-order valence-electron chi connectivity index (χ0n) is 22.8. The van der Waals surface area contributed by atoms with Crippen molar-refractivity contribution in [3.63, 3.8) is 0 Å². The highest BCUT2D eigenvalue weighted by molar-refractivity contribution is 6.02. The van der Waals surface area contributed by atoms with E-state index in [0.29, 0.717) is 35.3 Å². The van der Waals surface area contributed by atoms with Crippen LogP contribution in [0.3, 0.4) is 0 Å². The molecule has 5 rings (SSSR count). The summed E-state index contributed by atoms with van der Waals surface area (Å²) in [5.41, 5.74) is 9.13. The van der Waals surface area contributed by atoms with Crippen LogP contribution in [0.25, 0.3) is 22.1 Å². The van der Waals surface area contributed by atoms with Crippen LogP contribution < -0.4 is 11.3 Å². The predicted octanol–water partition coefficient (Wildman–Crippen LogP) is 4.80. The molecule has 0 spiro atoms. The monoisotopic (exact) mass is 538 g/mol. The van der Waals surface area contributed by atoms with Gasteiger partial charge in [-0.3, -0.25) is 14.2 Å². The van der Waals surface area contributed by atoms with E-state index >= 15 is 0 Å². The Balaban J connectivity index is 1.74. The summed E-state index contributed by atoms with van der Waals surface area (Å²) in [6.07, 6.45) is 0.297. The van der Waals surface area contributed by atoms with Crippen LogP contribution in [0.2, 0.25) is 0 Å². The molecule has 0 aliphatic rings. The van der Waals surface area contributed by atoms with Gasteiger partial charge in [0.2, 0.25) is 5.58 Å². The van der Waals surface area contributed by atoms with Crippen LogP contribution in [0, 0.1) is 6.92 Å². The molecule has 2 aromatic heterocycles. The van der Waals surface area contributed by atoms with Gasteiger partial charge in [-0.2, -0.15) is 0 Å². The molecule has 1 amide bonds. The minimum Gasteiger partial charge on any atom is -0.448 e. The number of rotatable bonds is 10. The van der Waals surface area contributed by atoms with Gasteiger partial charge in [0.15, 0.2) is 0 Å². The lowest BCUT2D eigenvalue weighted by atomic mass is 10.0. The Bertz CT molecular complexity index is 1680. The summed E-state index contributed by atoms with van der Waals surface area (Å²) in [6.45, 7) is 4.22. The highest BCUT2D eigenvalue weighted by atomic mass is 16.3. The Morgan fingerprint density at radius 1 is 1.05 bits per heavy atom. The molecule has 40 heavy (non-hydrogen) atoms. The normalized spacial score (nSPS) is 13.0. The van der Waals surface area contributed by atoms with E-state index < -0.39 is 12.1 Å². The number of fused-ring (bicyclic) bond motifs is 3. The lowest BCUT2D eigenvalue weighted by Gasteiger charge is -2.34. The molecule has 8 heteroatoms. The average Bonchev–Trinajstić information content (AvgIpc) is 3.36. The highest BCUT2D eigenvalue weighted by Crippen LogP contribution is 2.31. The number of aromatic nitrogens is 2. The number of carbonyl (C=O) groups is 1. The molecule has 206 valence electrons. The molecule has 0 aliphatic heterocycles. The summed E-state index contributed by atoms with van der Waals surface area (Å²) in [5.74, 6) is 0.183. The van der Waals surface area contributed by atoms with Crippen LogP contribution >= 0.6 is 0 Å². The SMILES string of the molecule is CCCC(c1nc2c(oc3ccccc32)c(=O)n1Cc1ccccc1)N(CC(O)CN)C(=O)c1ccc(C)cc1. The van der Waals surface area contributed by atoms with Crippen LogP contribution in [0.15, 0.2) is 88.1 Å². The average molecular weight is 539 g/mol. The first-order chi connectivity index (χ1) is 19.4. The van der Waals surface area contributed by atoms with E-state index in [0.717, 1.165) is 16.5 Å². The van der Waals surface area contributed by atoms with Gasteiger partial charge in [-0.1, -0.05) is 73.5 Å². The first-order valence-corrected chi connectivity index (χ1v) is 13.6. The number of nitrogens with two attached hydrogens (primary N) is 1. The summed E-state index contributed by atoms with van der Waals surface area (Å²) in [4.78, 5) is 34.7. The van der Waals surface area contributed by atoms with Gasteiger partial charge in [0.25, 0.3) is 11.5 Å². The molecular formula is C32H34N4O4. The summed E-state index contributed by atoms with van der Waals surface area (Å²) in [6, 6.07) is 23.8. The maximum atomic E-state index is 14.1. The van der Waals surface area contributed by atoms with Crippen molar-refractivity contribution in [2.24, 2.45) is 5.73 Å². The van der Waals surface area contributed by atoms with Crippen molar-refractivity contribution in [2.75, 3.05) is 13.1 Å². The standard InChI is InChI=1S/C32H34N4O4/c1-3-9-26(35(20-24(37)18-33)31(38)23-16-14-21(2)15-17-23)30-34-28-25-12-7-8-13-27(25)40-29(28)32(39)36(30)19-22-10-5-4-6-11-22/h4-8,10-17,24,26,37H,3,9,18-20,33H2,1-2H3. The molecule has 0 fully saturated rings. The van der Waals surface area contributed by atoms with Crippen molar-refractivity contribution in [1.82, 2.24) is 14.5 Å². The largest absolute Gasteiger partial charge is 0.448 e. The number of benzene rings is 3. The first-order valence-electron chi connectivity index (χ1n) is 13.6. The third kappa shape index (κ3) is 5.41. The maximum Gasteiger partial charge on any atom is 0.297 e. The van der Waals surface area contributed by atoms with Gasteiger partial charge in [-0.25, -0.2) is 4.98 Å². The quantitative estimate of drug-likeness (QED) is 0.264. The van der Waals surface area contributed by atoms with Gasteiger partial charge < -0.3 is 20.2 Å². The minimum absolute atomic E-state index is 0.000738. The Morgan fingerprint density at radius 3 is 2.45 bits per heavy atom. The third-order valence-corrected chi connectivity index (χ3v) is 7.17. The van der Waals surface area contributed by atoms with Crippen molar-refractivity contribution >= 4 is 28.0 Å². The van der Waals surface area contributed by atoms with Gasteiger partial charge >= 0.3 is 0 Å². The van der Waals surface area contributed by atoms with Crippen LogP contribution in [-0.4, -0.2) is 44.7 Å². The molecule has 3 N–H and O–H groups in total. The number of amides is 1. The second-order valence-corrected chi connectivity index (χ2v) is 10.1. The van der Waals surface area contributed by atoms with Gasteiger partial charge in [0.05, 0.1) is 18.7 Å². The van der Waals surface area contributed by atoms with Crippen molar-refractivity contribution in [3.8, 4) is 0 Å². The van der Waals surface area contributed by atoms with Crippen LogP contribution in [0.1, 0.15) is 53.1 Å². The summed E-state index contributed by atoms with van der Waals surface area (Å²) < 4.78 is 7.60. The van der Waals surface area contributed by atoms with Gasteiger partial charge in [0, 0.05) is 24.0 Å². The van der Waals surface area contributed by atoms with Crippen molar-refractivity contribution in [3.05, 3.63) is 112 Å². The smallest absolute Gasteiger partial charge is 0.297 e. The molecule has 2 atom stereocenters. The molecule has 0 saturated heterocycles. The van der Waals surface area contributed by atoms with Gasteiger partial charge in [0.1, 0.15) is 16.9 Å². The van der Waals surface area contributed by atoms with Crippen molar-refractivity contribution in [1.29, 1.82) is 0 Å². The number of para-hydroxylation sites is 1. The van der Waals surface area contributed by atoms with E-state index in [1.807, 2.05) is 80.6 Å². The number of nitrogens with zero attached hydrogens (tertiary/aromatic N) is 3. The number of aliphatic hydroxyl groups is 1. The summed E-state index contributed by atoms with van der Waals surface area (Å²) in [7, 11) is 0. The Kier molecular flexibility index (Phi) is 8.09. The predicted molar refractivity (Wildman–Crippen MR) is 156 cm³/mol. The number of aryl methyl sites for hydroxylation is 1. The van der Waals surface area contributed by atoms with Gasteiger partial charge in [-0.15, -0.1) is 0 Å². The molecule has 0 radical (unpaired) electrons. The summed E-state index contributed by atoms with van der Waals surface area (Å²) >= 11 is 0. The molecular weight excluding hydrogens is 504 g/mol. The molecule has 0 saturated carbocycles. The second kappa shape index (κ2) is 11.9. The maximum absolute atomic E-state index is 14.1. The van der Waals surface area contributed by atoms with Crippen LogP contribution in [0.5, 0.6) is 0 Å². The molecule has 0 aliphatic carbocycles. The Labute approximate surface area is 232 Å². The van der Waals surface area contributed by atoms with Crippen LogP contribution in [-0.2, 0) is 6.54 Å². The van der Waals surface area contributed by atoms with E-state index in [-0.39, 0.29) is 36.7 Å². The Hall–Kier alpha value is -4.27. The lowest BCUT2D eigenvalue weighted by molar-refractivity contribution is 0.0491. The van der Waals surface area contributed by atoms with Crippen LogP contribution in [0.4, 0.5) is 0 Å². The molecule has 2 heterocycles. The Morgan fingerprint density at radius 2 is 1.75 bits per heavy atom. The number of furan rings is 1. The van der Waals surface area contributed by atoms with E-state index in [1.54, 1.807) is 21.6 Å². The molecule has 5 aromatic rings. The second-order valence-electron chi connectivity index (χ2n) is 10.1. The molecule has 8 nitrogen and oxygen atoms in total. The molecule has 0 bridgehead atoms. The minimum atomic E-state index is -0.943. The fourth-order valence-electron chi connectivity index (χ4n) is 5.08. The summed E-state index contributed by atoms with van der Waals surface area (Å²) in [5, 5.41) is 11.4. The van der Waals surface area contributed by atoms with E-state index in [1.165, 1.54) is 0 Å². The molecule has 3 aromatic carbocycles. The van der Waals surface area contributed by atoms with E-state index in [4.69, 9.17) is 15.1 Å². The number of hydrogen-bond donors (Lipinski definition) is 2. The number of hydrogen-bond acceptors (Lipinski definition) is 6. The van der Waals surface area contributed by atoms with Gasteiger partial charge in [-0.05, 0) is 43.2 Å². The van der Waals surface area contributed by atoms with Crippen molar-refractivity contribution < 1.29 is 14.3 Å². The zero-order chi connectivity index (χ0) is 28.2. The van der Waals surface area contributed by atoms with E-state index in [9.17, 15) is 14.7 Å². The number of carbonyl (C=O) groups excluding carboxylic acids is 1. The fourth-order valence-corrected chi connectivity index (χ4v) is 5.08. The van der Waals surface area contributed by atoms with Crippen molar-refractivity contribution in [2.45, 2.75) is 45.4 Å². The number of aliphatic hydroxyl groups excluding tert-OH is 1. The fraction of sp³-hybridized carbons (Fsp3) is 0.281.